The van der Waals surface area contributed by atoms with Crippen LogP contribution in [0, 0.1) is 0 Å². The normalized spacial score (nSPS) is 24.4. The Morgan fingerprint density at radius 3 is 2.15 bits per heavy atom. The van der Waals surface area contributed by atoms with Crippen LogP contribution in [0.4, 0.5) is 4.39 Å². The van der Waals surface area contributed by atoms with Gasteiger partial charge < -0.3 is 14.2 Å². The Bertz CT molecular complexity index is 780. The lowest BCUT2D eigenvalue weighted by atomic mass is 9.95. The summed E-state index contributed by atoms with van der Waals surface area (Å²) in [7, 11) is 0. The van der Waals surface area contributed by atoms with Crippen LogP contribution in [0.5, 0.6) is 0 Å². The molecule has 2 aromatic carbocycles. The summed E-state index contributed by atoms with van der Waals surface area (Å²) in [6.45, 7) is 1.24. The summed E-state index contributed by atoms with van der Waals surface area (Å²) in [6.07, 6.45) is -1.91. The zero-order chi connectivity index (χ0) is 19.3. The molecule has 3 unspecified atom stereocenters. The van der Waals surface area contributed by atoms with E-state index in [2.05, 4.69) is 0 Å². The van der Waals surface area contributed by atoms with E-state index in [-0.39, 0.29) is 19.6 Å². The third kappa shape index (κ3) is 4.34. The number of carbonyl (C=O) groups is 2. The Morgan fingerprint density at radius 1 is 1.04 bits per heavy atom. The molecule has 1 heterocycles. The lowest BCUT2D eigenvalue weighted by Crippen LogP contribution is -2.44. The molecule has 0 spiro atoms. The Balaban J connectivity index is 1.68. The fourth-order valence-corrected chi connectivity index (χ4v) is 2.94. The quantitative estimate of drug-likeness (QED) is 0.725. The molecule has 1 fully saturated rings. The molecular weight excluding hydrogens is 351 g/mol. The first kappa shape index (κ1) is 19.0. The fourth-order valence-electron chi connectivity index (χ4n) is 2.94. The molecule has 6 heteroatoms. The van der Waals surface area contributed by atoms with Crippen LogP contribution < -0.4 is 0 Å². The van der Waals surface area contributed by atoms with E-state index in [4.69, 9.17) is 14.2 Å². The van der Waals surface area contributed by atoms with Crippen molar-refractivity contribution in [2.24, 2.45) is 0 Å². The van der Waals surface area contributed by atoms with Crippen molar-refractivity contribution in [3.63, 3.8) is 0 Å². The van der Waals surface area contributed by atoms with Crippen molar-refractivity contribution in [2.75, 3.05) is 13.2 Å². The van der Waals surface area contributed by atoms with Gasteiger partial charge in [-0.05, 0) is 30.7 Å². The smallest absolute Gasteiger partial charge is 0.338 e. The van der Waals surface area contributed by atoms with Gasteiger partial charge in [-0.2, -0.15) is 0 Å². The summed E-state index contributed by atoms with van der Waals surface area (Å²) in [5, 5.41) is 0. The lowest BCUT2D eigenvalue weighted by Gasteiger charge is -2.27. The Hall–Kier alpha value is -2.73. The van der Waals surface area contributed by atoms with Crippen molar-refractivity contribution in [1.82, 2.24) is 0 Å². The van der Waals surface area contributed by atoms with Crippen LogP contribution in [0.15, 0.2) is 60.7 Å². The molecule has 3 atom stereocenters. The van der Waals surface area contributed by atoms with Gasteiger partial charge in [-0.1, -0.05) is 43.3 Å². The summed E-state index contributed by atoms with van der Waals surface area (Å²) in [5.74, 6) is -1.18. The molecule has 2 aromatic rings. The highest BCUT2D eigenvalue weighted by molar-refractivity contribution is 5.90. The highest BCUT2D eigenvalue weighted by atomic mass is 19.1. The molecule has 5 nitrogen and oxygen atoms in total. The molecule has 0 bridgehead atoms. The number of esters is 2. The third-order valence-corrected chi connectivity index (χ3v) is 4.60. The predicted octanol–water partition coefficient (Wildman–Crippen LogP) is 3.59. The summed E-state index contributed by atoms with van der Waals surface area (Å²) < 4.78 is 31.3. The van der Waals surface area contributed by atoms with Gasteiger partial charge >= 0.3 is 11.9 Å². The molecule has 1 aliphatic heterocycles. The summed E-state index contributed by atoms with van der Waals surface area (Å²) >= 11 is 0. The number of ether oxygens (including phenoxy) is 3. The first-order valence-electron chi connectivity index (χ1n) is 8.82. The largest absolute Gasteiger partial charge is 0.459 e. The SMILES string of the molecule is CCC1(F)COC(COC(=O)c2ccccc2)C1OC(=O)c1ccccc1. The van der Waals surface area contributed by atoms with Gasteiger partial charge in [0.05, 0.1) is 17.7 Å². The van der Waals surface area contributed by atoms with E-state index in [0.717, 1.165) is 0 Å². The van der Waals surface area contributed by atoms with E-state index in [9.17, 15) is 9.59 Å². The van der Waals surface area contributed by atoms with Crippen molar-refractivity contribution in [3.05, 3.63) is 71.8 Å². The van der Waals surface area contributed by atoms with Crippen LogP contribution in [0.25, 0.3) is 0 Å². The second-order valence-corrected chi connectivity index (χ2v) is 6.39. The Kier molecular flexibility index (Phi) is 5.86. The molecule has 27 heavy (non-hydrogen) atoms. The molecule has 3 rings (SSSR count). The standard InChI is InChI=1S/C21H21FO5/c1-2-21(22)14-26-17(13-25-19(23)15-9-5-3-6-10-15)18(21)27-20(24)16-11-7-4-8-12-16/h3-12,17-18H,2,13-14H2,1H3. The number of rotatable bonds is 6. The number of hydrogen-bond acceptors (Lipinski definition) is 5. The minimum atomic E-state index is -1.83. The van der Waals surface area contributed by atoms with Crippen LogP contribution in [-0.4, -0.2) is 43.0 Å². The second-order valence-electron chi connectivity index (χ2n) is 6.39. The number of benzene rings is 2. The number of halogens is 1. The monoisotopic (exact) mass is 372 g/mol. The minimum absolute atomic E-state index is 0.114. The maximum absolute atomic E-state index is 15.1. The highest BCUT2D eigenvalue weighted by Gasteiger charge is 2.52. The van der Waals surface area contributed by atoms with Crippen molar-refractivity contribution in [3.8, 4) is 0 Å². The lowest BCUT2D eigenvalue weighted by molar-refractivity contribution is -0.0455. The van der Waals surface area contributed by atoms with Gasteiger partial charge in [-0.15, -0.1) is 0 Å². The van der Waals surface area contributed by atoms with Gasteiger partial charge in [0.2, 0.25) is 0 Å². The molecule has 1 saturated heterocycles. The molecular formula is C21H21FO5. The minimum Gasteiger partial charge on any atom is -0.459 e. The molecule has 0 aromatic heterocycles. The Labute approximate surface area is 157 Å². The van der Waals surface area contributed by atoms with Gasteiger partial charge in [0.1, 0.15) is 12.7 Å². The van der Waals surface area contributed by atoms with E-state index in [1.807, 2.05) is 0 Å². The fraction of sp³-hybridized carbons (Fsp3) is 0.333. The van der Waals surface area contributed by atoms with E-state index in [0.29, 0.717) is 11.1 Å². The molecule has 0 aliphatic carbocycles. The average molecular weight is 372 g/mol. The molecule has 0 saturated carbocycles. The van der Waals surface area contributed by atoms with Gasteiger partial charge in [-0.3, -0.25) is 0 Å². The van der Waals surface area contributed by atoms with E-state index >= 15 is 4.39 Å². The highest BCUT2D eigenvalue weighted by Crippen LogP contribution is 2.35. The summed E-state index contributed by atoms with van der Waals surface area (Å²) in [5.41, 5.74) is -1.12. The van der Waals surface area contributed by atoms with Crippen molar-refractivity contribution >= 4 is 11.9 Å². The first-order chi connectivity index (χ1) is 13.0. The summed E-state index contributed by atoms with van der Waals surface area (Å²) in [6, 6.07) is 16.8. The van der Waals surface area contributed by atoms with E-state index < -0.39 is 29.8 Å². The van der Waals surface area contributed by atoms with Crippen LogP contribution >= 0.6 is 0 Å². The maximum atomic E-state index is 15.1. The third-order valence-electron chi connectivity index (χ3n) is 4.60. The number of carbonyl (C=O) groups excluding carboxylic acids is 2. The van der Waals surface area contributed by atoms with Gasteiger partial charge in [0, 0.05) is 0 Å². The van der Waals surface area contributed by atoms with Crippen molar-refractivity contribution in [1.29, 1.82) is 0 Å². The van der Waals surface area contributed by atoms with Gasteiger partial charge in [-0.25, -0.2) is 14.0 Å². The van der Waals surface area contributed by atoms with Crippen molar-refractivity contribution < 1.29 is 28.2 Å². The number of alkyl halides is 1. The summed E-state index contributed by atoms with van der Waals surface area (Å²) in [4.78, 5) is 24.5. The average Bonchev–Trinajstić information content (AvgIpc) is 3.03. The van der Waals surface area contributed by atoms with E-state index in [1.165, 1.54) is 0 Å². The van der Waals surface area contributed by atoms with Gasteiger partial charge in [0.15, 0.2) is 11.8 Å². The Morgan fingerprint density at radius 2 is 1.59 bits per heavy atom. The molecule has 0 radical (unpaired) electrons. The van der Waals surface area contributed by atoms with Gasteiger partial charge in [0.25, 0.3) is 0 Å². The zero-order valence-corrected chi connectivity index (χ0v) is 15.0. The van der Waals surface area contributed by atoms with Crippen molar-refractivity contribution in [2.45, 2.75) is 31.2 Å². The van der Waals surface area contributed by atoms with E-state index in [1.54, 1.807) is 67.6 Å². The first-order valence-corrected chi connectivity index (χ1v) is 8.82. The number of hydrogen-bond donors (Lipinski definition) is 0. The van der Waals surface area contributed by atoms with Crippen LogP contribution in [0.3, 0.4) is 0 Å². The predicted molar refractivity (Wildman–Crippen MR) is 96.2 cm³/mol. The second kappa shape index (κ2) is 8.31. The van der Waals surface area contributed by atoms with Crippen LogP contribution in [0.2, 0.25) is 0 Å². The van der Waals surface area contributed by atoms with Crippen LogP contribution in [-0.2, 0) is 14.2 Å². The molecule has 142 valence electrons. The topological polar surface area (TPSA) is 61.8 Å². The van der Waals surface area contributed by atoms with Crippen LogP contribution in [0.1, 0.15) is 34.1 Å². The molecule has 1 aliphatic rings. The maximum Gasteiger partial charge on any atom is 0.338 e. The molecule has 0 N–H and O–H groups in total. The zero-order valence-electron chi connectivity index (χ0n) is 15.0. The molecule has 0 amide bonds.